The van der Waals surface area contributed by atoms with Gasteiger partial charge >= 0.3 is 5.91 Å². The van der Waals surface area contributed by atoms with Crippen LogP contribution in [-0.2, 0) is 6.54 Å². The summed E-state index contributed by atoms with van der Waals surface area (Å²) in [5, 5.41) is 7.41. The normalized spacial score (nSPS) is 10.8. The SMILES string of the molecule is O=C(c1ccco1)n1nc(-c2ccco2)nc1NCc1ccc(Br)cc1. The predicted molar refractivity (Wildman–Crippen MR) is 97.6 cm³/mol. The standard InChI is InChI=1S/C18H13BrN4O3/c19-13-7-5-12(6-8-13)11-20-18-21-16(14-3-1-9-25-14)22-23(18)17(24)15-4-2-10-26-15/h1-10H,11H2,(H,20,21,22). The fraction of sp³-hybridized carbons (Fsp3) is 0.0556. The Balaban J connectivity index is 1.65. The Hall–Kier alpha value is -3.13. The fourth-order valence-electron chi connectivity index (χ4n) is 2.37. The van der Waals surface area contributed by atoms with Gasteiger partial charge < -0.3 is 14.2 Å². The number of carbonyl (C=O) groups is 1. The Kier molecular flexibility index (Phi) is 4.40. The Bertz CT molecular complexity index is 1010. The van der Waals surface area contributed by atoms with E-state index in [1.807, 2.05) is 24.3 Å². The second-order valence-electron chi connectivity index (χ2n) is 5.41. The topological polar surface area (TPSA) is 86.1 Å². The summed E-state index contributed by atoms with van der Waals surface area (Å²) in [6, 6.07) is 14.5. The maximum absolute atomic E-state index is 12.7. The van der Waals surface area contributed by atoms with Gasteiger partial charge in [-0.15, -0.1) is 5.10 Å². The molecule has 4 aromatic rings. The highest BCUT2D eigenvalue weighted by Gasteiger charge is 2.21. The van der Waals surface area contributed by atoms with E-state index in [-0.39, 0.29) is 5.76 Å². The molecule has 0 aliphatic carbocycles. The number of carbonyl (C=O) groups excluding carboxylic acids is 1. The zero-order valence-corrected chi connectivity index (χ0v) is 15.0. The second-order valence-corrected chi connectivity index (χ2v) is 6.33. The van der Waals surface area contributed by atoms with Crippen LogP contribution < -0.4 is 5.32 Å². The third-order valence-corrected chi connectivity index (χ3v) is 4.17. The average molecular weight is 413 g/mol. The second kappa shape index (κ2) is 7.01. The van der Waals surface area contributed by atoms with Gasteiger partial charge in [-0.25, -0.2) is 0 Å². The Morgan fingerprint density at radius 2 is 1.85 bits per heavy atom. The molecule has 0 saturated heterocycles. The van der Waals surface area contributed by atoms with E-state index < -0.39 is 5.91 Å². The van der Waals surface area contributed by atoms with E-state index in [1.54, 1.807) is 24.3 Å². The van der Waals surface area contributed by atoms with Crippen LogP contribution in [-0.4, -0.2) is 20.7 Å². The van der Waals surface area contributed by atoms with E-state index in [9.17, 15) is 4.79 Å². The average Bonchev–Trinajstić information content (AvgIpc) is 3.41. The number of hydrogen-bond donors (Lipinski definition) is 1. The summed E-state index contributed by atoms with van der Waals surface area (Å²) in [4.78, 5) is 17.0. The van der Waals surface area contributed by atoms with Crippen molar-refractivity contribution in [2.24, 2.45) is 0 Å². The molecule has 0 aliphatic heterocycles. The summed E-state index contributed by atoms with van der Waals surface area (Å²) in [7, 11) is 0. The lowest BCUT2D eigenvalue weighted by Crippen LogP contribution is -2.17. The molecule has 0 fully saturated rings. The predicted octanol–water partition coefficient (Wildman–Crippen LogP) is 4.19. The molecule has 130 valence electrons. The molecule has 0 radical (unpaired) electrons. The zero-order chi connectivity index (χ0) is 17.9. The quantitative estimate of drug-likeness (QED) is 0.528. The highest BCUT2D eigenvalue weighted by molar-refractivity contribution is 9.10. The van der Waals surface area contributed by atoms with E-state index in [0.717, 1.165) is 10.0 Å². The monoisotopic (exact) mass is 412 g/mol. The van der Waals surface area contributed by atoms with Crippen LogP contribution in [0.25, 0.3) is 11.6 Å². The number of furan rings is 2. The minimum Gasteiger partial charge on any atom is -0.461 e. The molecule has 0 spiro atoms. The molecule has 1 N–H and O–H groups in total. The Labute approximate surface area is 156 Å². The molecule has 0 atom stereocenters. The van der Waals surface area contributed by atoms with Gasteiger partial charge in [0.25, 0.3) is 0 Å². The van der Waals surface area contributed by atoms with Gasteiger partial charge in [0, 0.05) is 11.0 Å². The summed E-state index contributed by atoms with van der Waals surface area (Å²) in [6.45, 7) is 0.481. The summed E-state index contributed by atoms with van der Waals surface area (Å²) in [6.07, 6.45) is 2.96. The summed E-state index contributed by atoms with van der Waals surface area (Å²) in [5.74, 6) is 0.850. The summed E-state index contributed by atoms with van der Waals surface area (Å²) < 4.78 is 12.7. The first-order chi connectivity index (χ1) is 12.7. The van der Waals surface area contributed by atoms with Crippen molar-refractivity contribution in [1.82, 2.24) is 14.8 Å². The molecule has 4 rings (SSSR count). The van der Waals surface area contributed by atoms with Crippen LogP contribution in [0.2, 0.25) is 0 Å². The van der Waals surface area contributed by atoms with Crippen molar-refractivity contribution in [3.63, 3.8) is 0 Å². The van der Waals surface area contributed by atoms with Crippen molar-refractivity contribution in [3.05, 3.63) is 76.9 Å². The molecule has 1 aromatic carbocycles. The van der Waals surface area contributed by atoms with E-state index in [2.05, 4.69) is 31.3 Å². The molecule has 0 saturated carbocycles. The molecular weight excluding hydrogens is 400 g/mol. The van der Waals surface area contributed by atoms with Gasteiger partial charge in [0.2, 0.25) is 11.8 Å². The molecule has 7 nitrogen and oxygen atoms in total. The lowest BCUT2D eigenvalue weighted by Gasteiger charge is -2.06. The Morgan fingerprint density at radius 3 is 2.54 bits per heavy atom. The number of nitrogens with zero attached hydrogens (tertiary/aromatic N) is 3. The maximum Gasteiger partial charge on any atom is 0.317 e. The van der Waals surface area contributed by atoms with Crippen molar-refractivity contribution >= 4 is 27.8 Å². The number of hydrogen-bond acceptors (Lipinski definition) is 6. The molecule has 0 unspecified atom stereocenters. The van der Waals surface area contributed by atoms with Crippen LogP contribution >= 0.6 is 15.9 Å². The fourth-order valence-corrected chi connectivity index (χ4v) is 2.63. The minimum atomic E-state index is -0.418. The van der Waals surface area contributed by atoms with Crippen LogP contribution in [0.4, 0.5) is 5.95 Å². The molecule has 0 aliphatic rings. The smallest absolute Gasteiger partial charge is 0.317 e. The van der Waals surface area contributed by atoms with Gasteiger partial charge in [-0.2, -0.15) is 9.67 Å². The van der Waals surface area contributed by atoms with Crippen molar-refractivity contribution in [3.8, 4) is 11.6 Å². The highest BCUT2D eigenvalue weighted by atomic mass is 79.9. The molecule has 0 amide bonds. The minimum absolute atomic E-state index is 0.174. The van der Waals surface area contributed by atoms with Crippen LogP contribution in [0.3, 0.4) is 0 Å². The molecule has 0 bridgehead atoms. The van der Waals surface area contributed by atoms with Gasteiger partial charge in [-0.05, 0) is 42.0 Å². The lowest BCUT2D eigenvalue weighted by molar-refractivity contribution is 0.0919. The third kappa shape index (κ3) is 3.31. The van der Waals surface area contributed by atoms with E-state index >= 15 is 0 Å². The molecular formula is C18H13BrN4O3. The van der Waals surface area contributed by atoms with Crippen molar-refractivity contribution < 1.29 is 13.6 Å². The van der Waals surface area contributed by atoms with Crippen LogP contribution in [0.1, 0.15) is 16.1 Å². The summed E-state index contributed by atoms with van der Waals surface area (Å²) in [5.41, 5.74) is 1.03. The zero-order valence-electron chi connectivity index (χ0n) is 13.4. The number of nitrogens with one attached hydrogen (secondary N) is 1. The van der Waals surface area contributed by atoms with Crippen LogP contribution in [0.15, 0.2) is 74.4 Å². The van der Waals surface area contributed by atoms with Gasteiger partial charge in [0.15, 0.2) is 11.5 Å². The van der Waals surface area contributed by atoms with E-state index in [4.69, 9.17) is 8.83 Å². The van der Waals surface area contributed by atoms with Crippen molar-refractivity contribution in [1.29, 1.82) is 0 Å². The van der Waals surface area contributed by atoms with Crippen molar-refractivity contribution in [2.45, 2.75) is 6.54 Å². The lowest BCUT2D eigenvalue weighted by atomic mass is 10.2. The largest absolute Gasteiger partial charge is 0.461 e. The maximum atomic E-state index is 12.7. The number of anilines is 1. The molecule has 3 aromatic heterocycles. The number of rotatable bonds is 5. The number of aromatic nitrogens is 3. The number of benzene rings is 1. The van der Waals surface area contributed by atoms with Gasteiger partial charge in [0.1, 0.15) is 0 Å². The van der Waals surface area contributed by atoms with E-state index in [0.29, 0.717) is 24.1 Å². The van der Waals surface area contributed by atoms with Crippen molar-refractivity contribution in [2.75, 3.05) is 5.32 Å². The van der Waals surface area contributed by atoms with Gasteiger partial charge in [0.05, 0.1) is 12.5 Å². The first-order valence-electron chi connectivity index (χ1n) is 7.78. The molecule has 26 heavy (non-hydrogen) atoms. The third-order valence-electron chi connectivity index (χ3n) is 3.64. The molecule has 8 heteroatoms. The van der Waals surface area contributed by atoms with Gasteiger partial charge in [-0.1, -0.05) is 28.1 Å². The number of halogens is 1. The van der Waals surface area contributed by atoms with Gasteiger partial charge in [-0.3, -0.25) is 4.79 Å². The highest BCUT2D eigenvalue weighted by Crippen LogP contribution is 2.20. The first-order valence-corrected chi connectivity index (χ1v) is 8.57. The van der Waals surface area contributed by atoms with Crippen LogP contribution in [0, 0.1) is 0 Å². The van der Waals surface area contributed by atoms with Crippen LogP contribution in [0.5, 0.6) is 0 Å². The summed E-state index contributed by atoms with van der Waals surface area (Å²) >= 11 is 3.41. The van der Waals surface area contributed by atoms with E-state index in [1.165, 1.54) is 17.2 Å². The Morgan fingerprint density at radius 1 is 1.08 bits per heavy atom. The first kappa shape index (κ1) is 16.3. The molecule has 3 heterocycles.